The summed E-state index contributed by atoms with van der Waals surface area (Å²) >= 11 is 0. The lowest BCUT2D eigenvalue weighted by Crippen LogP contribution is -2.29. The van der Waals surface area contributed by atoms with Gasteiger partial charge in [-0.3, -0.25) is 0 Å². The summed E-state index contributed by atoms with van der Waals surface area (Å²) in [5.74, 6) is 0.755. The predicted octanol–water partition coefficient (Wildman–Crippen LogP) is -0.547. The molecule has 0 atom stereocenters. The third kappa shape index (κ3) is 1.95. The standard InChI is InChI=1S/C9H14N4O2/c14-5-3-12(4-6-15)9-7-13-8(11-9)1-2-10-13/h1-2,7,10,14-15H,3-6H2. The van der Waals surface area contributed by atoms with Gasteiger partial charge >= 0.3 is 0 Å². The maximum Gasteiger partial charge on any atom is 0.155 e. The average molecular weight is 210 g/mol. The first-order valence-corrected chi connectivity index (χ1v) is 4.84. The first kappa shape index (κ1) is 10.0. The lowest BCUT2D eigenvalue weighted by molar-refractivity contribution is 0.280. The van der Waals surface area contributed by atoms with E-state index in [9.17, 15) is 0 Å². The number of H-pyrrole nitrogens is 1. The molecule has 0 radical (unpaired) electrons. The molecule has 2 aromatic rings. The highest BCUT2D eigenvalue weighted by Gasteiger charge is 2.09. The molecule has 0 amide bonds. The minimum absolute atomic E-state index is 0.0471. The van der Waals surface area contributed by atoms with E-state index in [0.717, 1.165) is 11.5 Å². The number of nitrogens with zero attached hydrogens (tertiary/aromatic N) is 3. The fraction of sp³-hybridized carbons (Fsp3) is 0.444. The van der Waals surface area contributed by atoms with Crippen LogP contribution in [0.5, 0.6) is 0 Å². The lowest BCUT2D eigenvalue weighted by atomic mass is 10.5. The van der Waals surface area contributed by atoms with Crippen LogP contribution < -0.4 is 4.90 Å². The lowest BCUT2D eigenvalue weighted by Gasteiger charge is -2.19. The van der Waals surface area contributed by atoms with Crippen LogP contribution in [0.1, 0.15) is 0 Å². The number of imidazole rings is 1. The van der Waals surface area contributed by atoms with E-state index >= 15 is 0 Å². The molecular weight excluding hydrogens is 196 g/mol. The monoisotopic (exact) mass is 210 g/mol. The highest BCUT2D eigenvalue weighted by molar-refractivity contribution is 5.49. The van der Waals surface area contributed by atoms with Gasteiger partial charge in [0.1, 0.15) is 5.82 Å². The number of nitrogens with one attached hydrogen (secondary N) is 1. The number of hydrogen-bond donors (Lipinski definition) is 3. The molecule has 82 valence electrons. The Kier molecular flexibility index (Phi) is 2.89. The summed E-state index contributed by atoms with van der Waals surface area (Å²) in [5.41, 5.74) is 0.825. The van der Waals surface area contributed by atoms with Gasteiger partial charge in [0.05, 0.1) is 19.4 Å². The van der Waals surface area contributed by atoms with Crippen molar-refractivity contribution in [2.24, 2.45) is 0 Å². The topological polar surface area (TPSA) is 76.8 Å². The van der Waals surface area contributed by atoms with Gasteiger partial charge in [0.2, 0.25) is 0 Å². The van der Waals surface area contributed by atoms with Gasteiger partial charge in [-0.15, -0.1) is 0 Å². The van der Waals surface area contributed by atoms with Crippen LogP contribution in [0.15, 0.2) is 18.5 Å². The molecule has 6 nitrogen and oxygen atoms in total. The van der Waals surface area contributed by atoms with Crippen molar-refractivity contribution in [3.8, 4) is 0 Å². The highest BCUT2D eigenvalue weighted by Crippen LogP contribution is 2.13. The number of aromatic nitrogens is 3. The van der Waals surface area contributed by atoms with Gasteiger partial charge in [-0.1, -0.05) is 0 Å². The van der Waals surface area contributed by atoms with Gasteiger partial charge in [0.25, 0.3) is 0 Å². The molecule has 0 aromatic carbocycles. The molecule has 2 heterocycles. The Balaban J connectivity index is 2.22. The summed E-state index contributed by atoms with van der Waals surface area (Å²) in [6, 6.07) is 1.86. The molecule has 2 rings (SSSR count). The number of aliphatic hydroxyl groups excluding tert-OH is 2. The minimum atomic E-state index is 0.0471. The summed E-state index contributed by atoms with van der Waals surface area (Å²) in [7, 11) is 0. The largest absolute Gasteiger partial charge is 0.395 e. The van der Waals surface area contributed by atoms with Gasteiger partial charge in [-0.05, 0) is 0 Å². The van der Waals surface area contributed by atoms with Crippen molar-refractivity contribution >= 4 is 11.5 Å². The van der Waals surface area contributed by atoms with Crippen LogP contribution in [-0.2, 0) is 0 Å². The number of aliphatic hydroxyl groups is 2. The maximum absolute atomic E-state index is 8.88. The van der Waals surface area contributed by atoms with E-state index in [1.54, 1.807) is 10.7 Å². The van der Waals surface area contributed by atoms with E-state index in [2.05, 4.69) is 10.1 Å². The Bertz CT molecular complexity index is 388. The van der Waals surface area contributed by atoms with Crippen molar-refractivity contribution in [1.82, 2.24) is 14.6 Å². The molecule has 15 heavy (non-hydrogen) atoms. The summed E-state index contributed by atoms with van der Waals surface area (Å²) < 4.78 is 1.79. The second-order valence-corrected chi connectivity index (χ2v) is 3.22. The predicted molar refractivity (Wildman–Crippen MR) is 55.9 cm³/mol. The van der Waals surface area contributed by atoms with Crippen LogP contribution in [0, 0.1) is 0 Å². The van der Waals surface area contributed by atoms with E-state index in [0.29, 0.717) is 13.1 Å². The molecule has 0 aliphatic rings. The van der Waals surface area contributed by atoms with Crippen molar-refractivity contribution in [2.45, 2.75) is 0 Å². The first-order valence-electron chi connectivity index (χ1n) is 4.84. The third-order valence-corrected chi connectivity index (χ3v) is 2.23. The number of anilines is 1. The molecule has 0 aliphatic heterocycles. The normalized spacial score (nSPS) is 11.1. The maximum atomic E-state index is 8.88. The fourth-order valence-electron chi connectivity index (χ4n) is 1.53. The highest BCUT2D eigenvalue weighted by atomic mass is 16.3. The number of rotatable bonds is 5. The summed E-state index contributed by atoms with van der Waals surface area (Å²) in [4.78, 5) is 6.18. The second kappa shape index (κ2) is 4.33. The minimum Gasteiger partial charge on any atom is -0.395 e. The third-order valence-electron chi connectivity index (χ3n) is 2.23. The van der Waals surface area contributed by atoms with Gasteiger partial charge in [-0.2, -0.15) is 0 Å². The van der Waals surface area contributed by atoms with Crippen LogP contribution in [-0.4, -0.2) is 51.1 Å². The molecule has 3 N–H and O–H groups in total. The quantitative estimate of drug-likeness (QED) is 0.619. The summed E-state index contributed by atoms with van der Waals surface area (Å²) in [5, 5.41) is 20.8. The van der Waals surface area contributed by atoms with E-state index in [1.165, 1.54) is 0 Å². The van der Waals surface area contributed by atoms with E-state index in [1.807, 2.05) is 17.2 Å². The Morgan fingerprint density at radius 2 is 2.07 bits per heavy atom. The fourth-order valence-corrected chi connectivity index (χ4v) is 1.53. The second-order valence-electron chi connectivity index (χ2n) is 3.22. The van der Waals surface area contributed by atoms with Crippen LogP contribution in [0.4, 0.5) is 5.82 Å². The Hall–Kier alpha value is -1.53. The molecule has 0 saturated heterocycles. The molecule has 0 bridgehead atoms. The molecule has 0 spiro atoms. The van der Waals surface area contributed by atoms with E-state index < -0.39 is 0 Å². The van der Waals surface area contributed by atoms with Crippen molar-refractivity contribution in [1.29, 1.82) is 0 Å². The number of fused-ring (bicyclic) bond motifs is 1. The molecule has 2 aromatic heterocycles. The number of hydrogen-bond acceptors (Lipinski definition) is 4. The van der Waals surface area contributed by atoms with Crippen LogP contribution in [0.3, 0.4) is 0 Å². The number of aromatic amines is 1. The van der Waals surface area contributed by atoms with Crippen LogP contribution in [0.25, 0.3) is 5.65 Å². The smallest absolute Gasteiger partial charge is 0.155 e. The van der Waals surface area contributed by atoms with Gasteiger partial charge in [-0.25, -0.2) is 9.50 Å². The molecule has 0 fully saturated rings. The zero-order valence-corrected chi connectivity index (χ0v) is 8.30. The average Bonchev–Trinajstić information content (AvgIpc) is 2.76. The Labute approximate surface area is 86.8 Å². The molecular formula is C9H14N4O2. The van der Waals surface area contributed by atoms with Gasteiger partial charge < -0.3 is 20.2 Å². The van der Waals surface area contributed by atoms with Crippen molar-refractivity contribution < 1.29 is 10.2 Å². The van der Waals surface area contributed by atoms with Crippen molar-refractivity contribution in [3.63, 3.8) is 0 Å². The zero-order valence-electron chi connectivity index (χ0n) is 8.30. The Morgan fingerprint density at radius 3 is 2.67 bits per heavy atom. The summed E-state index contributed by atoms with van der Waals surface area (Å²) in [6.07, 6.45) is 3.63. The van der Waals surface area contributed by atoms with Gasteiger partial charge in [0, 0.05) is 25.4 Å². The molecule has 0 aliphatic carbocycles. The summed E-state index contributed by atoms with van der Waals surface area (Å²) in [6.45, 7) is 1.04. The van der Waals surface area contributed by atoms with E-state index in [4.69, 9.17) is 10.2 Å². The Morgan fingerprint density at radius 1 is 1.33 bits per heavy atom. The van der Waals surface area contributed by atoms with Crippen molar-refractivity contribution in [2.75, 3.05) is 31.2 Å². The van der Waals surface area contributed by atoms with Crippen LogP contribution in [0.2, 0.25) is 0 Å². The molecule has 0 unspecified atom stereocenters. The molecule has 6 heteroatoms. The molecule has 0 saturated carbocycles. The van der Waals surface area contributed by atoms with Gasteiger partial charge in [0.15, 0.2) is 5.65 Å². The van der Waals surface area contributed by atoms with Crippen LogP contribution >= 0.6 is 0 Å². The first-order chi connectivity index (χ1) is 7.35. The van der Waals surface area contributed by atoms with Crippen molar-refractivity contribution in [3.05, 3.63) is 18.5 Å². The SMILES string of the molecule is OCCN(CCO)c1cn2[nH]ccc2n1. The van der Waals surface area contributed by atoms with E-state index in [-0.39, 0.29) is 13.2 Å². The zero-order chi connectivity index (χ0) is 10.7.